The summed E-state index contributed by atoms with van der Waals surface area (Å²) in [5, 5.41) is 5.45. The lowest BCUT2D eigenvalue weighted by Crippen LogP contribution is -2.45. The van der Waals surface area contributed by atoms with Gasteiger partial charge in [-0.05, 0) is 12.1 Å². The minimum absolute atomic E-state index is 0.303. The van der Waals surface area contributed by atoms with Gasteiger partial charge in [-0.15, -0.1) is 4.68 Å². The van der Waals surface area contributed by atoms with E-state index in [0.717, 1.165) is 15.9 Å². The summed E-state index contributed by atoms with van der Waals surface area (Å²) < 4.78 is 18.9. The van der Waals surface area contributed by atoms with Crippen LogP contribution in [0.3, 0.4) is 0 Å². The van der Waals surface area contributed by atoms with E-state index in [1.807, 2.05) is 0 Å². The molecule has 21 heavy (non-hydrogen) atoms. The van der Waals surface area contributed by atoms with E-state index >= 15 is 0 Å². The number of thiazole rings is 1. The molecule has 110 valence electrons. The van der Waals surface area contributed by atoms with Crippen LogP contribution in [0.15, 0.2) is 29.6 Å². The van der Waals surface area contributed by atoms with E-state index in [1.54, 1.807) is 24.3 Å². The number of nitrogen functional groups attached to an aromatic ring is 1. The Hall–Kier alpha value is -1.93. The molecular formula is C11H11N4O4PS. The maximum atomic E-state index is 11.3. The standard InChI is InChI=1S/C11H11N4O4PS/c1-19-8-5-3-2-4-7(8)10-13-15-9(20(16,17)18)6-21-11(15)14(10)12/h2-6H,12H2,1H3,(H-,16,17,18). The molecule has 0 saturated heterocycles. The molecule has 0 aliphatic heterocycles. The van der Waals surface area contributed by atoms with Crippen LogP contribution in [0.5, 0.6) is 5.75 Å². The van der Waals surface area contributed by atoms with Gasteiger partial charge in [0.15, 0.2) is 7.60 Å². The highest BCUT2D eigenvalue weighted by Crippen LogP contribution is 2.31. The summed E-state index contributed by atoms with van der Waals surface area (Å²) in [5.41, 5.74) is 0.311. The van der Waals surface area contributed by atoms with Gasteiger partial charge in [0.25, 0.3) is 0 Å². The van der Waals surface area contributed by atoms with E-state index in [-0.39, 0.29) is 5.44 Å². The zero-order valence-electron chi connectivity index (χ0n) is 10.8. The molecule has 0 fully saturated rings. The van der Waals surface area contributed by atoms with Gasteiger partial charge in [-0.2, -0.15) is 0 Å². The Morgan fingerprint density at radius 3 is 2.90 bits per heavy atom. The second-order valence-corrected chi connectivity index (χ2v) is 6.54. The van der Waals surface area contributed by atoms with Gasteiger partial charge in [0.2, 0.25) is 5.44 Å². The number of methoxy groups -OCH3 is 1. The molecule has 10 heteroatoms. The highest BCUT2D eigenvalue weighted by Gasteiger charge is 2.29. The third-order valence-electron chi connectivity index (χ3n) is 2.93. The van der Waals surface area contributed by atoms with E-state index in [4.69, 9.17) is 10.6 Å². The predicted molar refractivity (Wildman–Crippen MR) is 74.9 cm³/mol. The number of hydrogen-bond acceptors (Lipinski definition) is 6. The second-order valence-electron chi connectivity index (χ2n) is 4.20. The van der Waals surface area contributed by atoms with Crippen molar-refractivity contribution in [1.29, 1.82) is 0 Å². The lowest BCUT2D eigenvalue weighted by molar-refractivity contribution is -0.598. The van der Waals surface area contributed by atoms with E-state index in [1.165, 1.54) is 17.2 Å². The van der Waals surface area contributed by atoms with Crippen molar-refractivity contribution >= 4 is 29.3 Å². The third-order valence-corrected chi connectivity index (χ3v) is 4.93. The quantitative estimate of drug-likeness (QED) is 0.371. The second kappa shape index (κ2) is 4.81. The molecule has 2 heterocycles. The molecule has 8 nitrogen and oxygen atoms in total. The van der Waals surface area contributed by atoms with E-state index in [9.17, 15) is 14.4 Å². The maximum absolute atomic E-state index is 11.3. The first kappa shape index (κ1) is 14.0. The van der Waals surface area contributed by atoms with Crippen molar-refractivity contribution in [2.75, 3.05) is 13.0 Å². The van der Waals surface area contributed by atoms with Crippen molar-refractivity contribution in [3.63, 3.8) is 0 Å². The number of para-hydroxylation sites is 1. The number of nitrogens with two attached hydrogens (primary N) is 1. The number of aromatic nitrogens is 3. The Morgan fingerprint density at radius 1 is 1.52 bits per heavy atom. The van der Waals surface area contributed by atoms with Crippen molar-refractivity contribution in [3.05, 3.63) is 29.6 Å². The smallest absolute Gasteiger partial charge is 0.346 e. The Labute approximate surface area is 123 Å². The van der Waals surface area contributed by atoms with Gasteiger partial charge < -0.3 is 19.1 Å². The molecule has 3 rings (SSSR count). The highest BCUT2D eigenvalue weighted by molar-refractivity contribution is 7.59. The number of hydrogen-bond donors (Lipinski definition) is 2. The van der Waals surface area contributed by atoms with Crippen molar-refractivity contribution in [3.8, 4) is 17.1 Å². The summed E-state index contributed by atoms with van der Waals surface area (Å²) in [6.07, 6.45) is 0. The summed E-state index contributed by atoms with van der Waals surface area (Å²) >= 11 is 1.06. The van der Waals surface area contributed by atoms with Crippen LogP contribution in [0, 0.1) is 0 Å². The van der Waals surface area contributed by atoms with Gasteiger partial charge in [0, 0.05) is 5.38 Å². The molecule has 1 aromatic carbocycles. The Bertz CT molecular complexity index is 868. The first-order chi connectivity index (χ1) is 9.93. The zero-order chi connectivity index (χ0) is 15.2. The van der Waals surface area contributed by atoms with Crippen LogP contribution in [0.4, 0.5) is 0 Å². The average molecular weight is 326 g/mol. The van der Waals surface area contributed by atoms with E-state index < -0.39 is 7.60 Å². The summed E-state index contributed by atoms with van der Waals surface area (Å²) in [7, 11) is -3.15. The normalized spacial score (nSPS) is 14.2. The molecule has 0 aliphatic rings. The Morgan fingerprint density at radius 2 is 2.24 bits per heavy atom. The van der Waals surface area contributed by atoms with Crippen LogP contribution in [0.25, 0.3) is 16.3 Å². The Balaban J connectivity index is 2.28. The van der Waals surface area contributed by atoms with E-state index in [2.05, 4.69) is 5.10 Å². The zero-order valence-corrected chi connectivity index (χ0v) is 12.5. The molecule has 0 spiro atoms. The number of ether oxygens (including phenoxy) is 1. The van der Waals surface area contributed by atoms with Crippen LogP contribution in [0.2, 0.25) is 0 Å². The fraction of sp³-hybridized carbons (Fsp3) is 0.0909. The fourth-order valence-electron chi connectivity index (χ4n) is 1.99. The predicted octanol–water partition coefficient (Wildman–Crippen LogP) is -0.756. The molecule has 2 aromatic heterocycles. The summed E-state index contributed by atoms with van der Waals surface area (Å²) in [6.45, 7) is 0. The monoisotopic (exact) mass is 326 g/mol. The minimum Gasteiger partial charge on any atom is -0.773 e. The van der Waals surface area contributed by atoms with Gasteiger partial charge in [-0.25, -0.2) is 0 Å². The van der Waals surface area contributed by atoms with Gasteiger partial charge in [-0.1, -0.05) is 28.0 Å². The molecular weight excluding hydrogens is 315 g/mol. The summed E-state index contributed by atoms with van der Waals surface area (Å²) in [5.74, 6) is 6.85. The van der Waals surface area contributed by atoms with Gasteiger partial charge in [-0.3, -0.25) is 5.84 Å². The third kappa shape index (κ3) is 2.20. The highest BCUT2D eigenvalue weighted by atomic mass is 32.1. The molecule has 0 saturated carbocycles. The SMILES string of the molecule is COc1ccccc1-c1nn2c(P(=O)([O-])O)csc2[n+]1N. The van der Waals surface area contributed by atoms with E-state index in [0.29, 0.717) is 22.1 Å². The van der Waals surface area contributed by atoms with Crippen molar-refractivity contribution < 1.29 is 23.8 Å². The Kier molecular flexibility index (Phi) is 3.22. The van der Waals surface area contributed by atoms with Crippen molar-refractivity contribution in [2.45, 2.75) is 0 Å². The molecule has 3 N–H and O–H groups in total. The molecule has 0 radical (unpaired) electrons. The molecule has 1 unspecified atom stereocenters. The first-order valence-corrected chi connectivity index (χ1v) is 8.24. The number of nitrogens with zero attached hydrogens (tertiary/aromatic N) is 3. The molecule has 3 aromatic rings. The van der Waals surface area contributed by atoms with Crippen LogP contribution in [-0.4, -0.2) is 21.6 Å². The topological polar surface area (TPSA) is 117 Å². The van der Waals surface area contributed by atoms with Crippen molar-refractivity contribution in [2.24, 2.45) is 0 Å². The molecule has 1 atom stereocenters. The maximum Gasteiger partial charge on any atom is 0.346 e. The summed E-state index contributed by atoms with van der Waals surface area (Å²) in [4.78, 5) is 20.9. The summed E-state index contributed by atoms with van der Waals surface area (Å²) in [6, 6.07) is 7.08. The van der Waals surface area contributed by atoms with Crippen LogP contribution in [0.1, 0.15) is 0 Å². The van der Waals surface area contributed by atoms with Crippen molar-refractivity contribution in [1.82, 2.24) is 9.61 Å². The van der Waals surface area contributed by atoms with Gasteiger partial charge in [0.05, 0.1) is 17.8 Å². The van der Waals surface area contributed by atoms with Crippen LogP contribution in [-0.2, 0) is 4.57 Å². The molecule has 0 amide bonds. The lowest BCUT2D eigenvalue weighted by atomic mass is 10.2. The fourth-order valence-corrected chi connectivity index (χ4v) is 3.88. The average Bonchev–Trinajstić information content (AvgIpc) is 2.99. The molecule has 0 aliphatic carbocycles. The number of benzene rings is 1. The lowest BCUT2D eigenvalue weighted by Gasteiger charge is -2.09. The molecule has 0 bridgehead atoms. The minimum atomic E-state index is -4.67. The van der Waals surface area contributed by atoms with Crippen LogP contribution < -0.4 is 25.6 Å². The number of rotatable bonds is 3. The van der Waals surface area contributed by atoms with Gasteiger partial charge >= 0.3 is 10.8 Å². The number of fused-ring (bicyclic) bond motifs is 1. The van der Waals surface area contributed by atoms with Gasteiger partial charge in [0.1, 0.15) is 5.75 Å². The van der Waals surface area contributed by atoms with Crippen LogP contribution >= 0.6 is 18.9 Å². The first-order valence-electron chi connectivity index (χ1n) is 5.78. The largest absolute Gasteiger partial charge is 0.773 e.